The highest BCUT2D eigenvalue weighted by Gasteiger charge is 2.26. The first-order valence-electron chi connectivity index (χ1n) is 7.09. The molecule has 7 heteroatoms. The van der Waals surface area contributed by atoms with Crippen LogP contribution in [0, 0.1) is 0 Å². The number of rotatable bonds is 3. The van der Waals surface area contributed by atoms with Crippen molar-refractivity contribution in [1.29, 1.82) is 0 Å². The van der Waals surface area contributed by atoms with E-state index in [0.29, 0.717) is 35.6 Å². The minimum Gasteiger partial charge on any atom is -0.494 e. The van der Waals surface area contributed by atoms with Gasteiger partial charge in [-0.05, 0) is 30.0 Å². The summed E-state index contributed by atoms with van der Waals surface area (Å²) in [6.07, 6.45) is 3.14. The van der Waals surface area contributed by atoms with Crippen molar-refractivity contribution in [2.24, 2.45) is 0 Å². The Morgan fingerprint density at radius 1 is 1.32 bits per heavy atom. The summed E-state index contributed by atoms with van der Waals surface area (Å²) in [5.74, 6) is 0.614. The van der Waals surface area contributed by atoms with Crippen LogP contribution in [0.1, 0.15) is 23.6 Å². The Bertz CT molecular complexity index is 619. The number of ether oxygens (including phenoxy) is 2. The van der Waals surface area contributed by atoms with Crippen LogP contribution in [0.15, 0.2) is 24.2 Å². The van der Waals surface area contributed by atoms with E-state index in [2.05, 4.69) is 10.6 Å². The van der Waals surface area contributed by atoms with Crippen molar-refractivity contribution in [3.63, 3.8) is 0 Å². The van der Waals surface area contributed by atoms with Crippen LogP contribution in [0.5, 0.6) is 0 Å². The number of fused-ring (bicyclic) bond motifs is 1. The van der Waals surface area contributed by atoms with Gasteiger partial charge in [0.25, 0.3) is 0 Å². The minimum atomic E-state index is -0.251. The van der Waals surface area contributed by atoms with Crippen molar-refractivity contribution >= 4 is 29.2 Å². The second-order valence-corrected chi connectivity index (χ2v) is 5.94. The standard InChI is InChI=1S/C15H16Cl2N2O3/c16-12-3-1-10-11(14(12)17)2-4-13(10)19-15(20)18-7-9-8-21-5-6-22-9/h1,3,8,13H,2,4-7H2,(H2,18,19,20)/t13-/m0/s1. The summed E-state index contributed by atoms with van der Waals surface area (Å²) >= 11 is 12.2. The maximum Gasteiger partial charge on any atom is 0.315 e. The van der Waals surface area contributed by atoms with E-state index < -0.39 is 0 Å². The molecule has 0 saturated heterocycles. The summed E-state index contributed by atoms with van der Waals surface area (Å²) in [7, 11) is 0. The third-order valence-corrected chi connectivity index (χ3v) is 4.57. The van der Waals surface area contributed by atoms with Crippen LogP contribution < -0.4 is 10.6 Å². The van der Waals surface area contributed by atoms with Gasteiger partial charge in [-0.15, -0.1) is 0 Å². The van der Waals surface area contributed by atoms with Gasteiger partial charge >= 0.3 is 6.03 Å². The molecule has 5 nitrogen and oxygen atoms in total. The molecular weight excluding hydrogens is 327 g/mol. The molecule has 2 N–H and O–H groups in total. The number of benzene rings is 1. The number of urea groups is 1. The summed E-state index contributed by atoms with van der Waals surface area (Å²) in [6, 6.07) is 3.38. The normalized spacial score (nSPS) is 19.5. The lowest BCUT2D eigenvalue weighted by Gasteiger charge is -2.18. The third kappa shape index (κ3) is 3.25. The van der Waals surface area contributed by atoms with E-state index in [9.17, 15) is 4.79 Å². The van der Waals surface area contributed by atoms with E-state index >= 15 is 0 Å². The predicted molar refractivity (Wildman–Crippen MR) is 84.0 cm³/mol. The molecule has 1 aromatic carbocycles. The molecule has 2 aliphatic rings. The highest BCUT2D eigenvalue weighted by Crippen LogP contribution is 2.38. The first-order valence-corrected chi connectivity index (χ1v) is 7.85. The third-order valence-electron chi connectivity index (χ3n) is 3.72. The molecule has 0 spiro atoms. The molecular formula is C15H16Cl2N2O3. The Kier molecular flexibility index (Phi) is 4.64. The van der Waals surface area contributed by atoms with E-state index in [1.807, 2.05) is 6.07 Å². The molecule has 0 radical (unpaired) electrons. The maximum absolute atomic E-state index is 12.0. The second-order valence-electron chi connectivity index (χ2n) is 5.15. The van der Waals surface area contributed by atoms with Gasteiger partial charge in [0.1, 0.15) is 25.2 Å². The van der Waals surface area contributed by atoms with Gasteiger partial charge in [-0.1, -0.05) is 29.3 Å². The summed E-state index contributed by atoms with van der Waals surface area (Å²) in [5, 5.41) is 6.83. The molecule has 0 bridgehead atoms. The lowest BCUT2D eigenvalue weighted by atomic mass is 10.1. The number of hydrogen-bond acceptors (Lipinski definition) is 3. The molecule has 1 aliphatic carbocycles. The van der Waals surface area contributed by atoms with E-state index in [4.69, 9.17) is 32.7 Å². The quantitative estimate of drug-likeness (QED) is 0.886. The first kappa shape index (κ1) is 15.3. The number of carbonyl (C=O) groups is 1. The number of nitrogens with one attached hydrogen (secondary N) is 2. The summed E-state index contributed by atoms with van der Waals surface area (Å²) in [5.41, 5.74) is 2.05. The van der Waals surface area contributed by atoms with Gasteiger partial charge in [-0.25, -0.2) is 4.79 Å². The second kappa shape index (κ2) is 6.67. The van der Waals surface area contributed by atoms with E-state index in [1.165, 1.54) is 6.26 Å². The molecule has 0 fully saturated rings. The lowest BCUT2D eigenvalue weighted by molar-refractivity contribution is 0.0816. The van der Waals surface area contributed by atoms with Crippen LogP contribution in [0.4, 0.5) is 4.79 Å². The van der Waals surface area contributed by atoms with Crippen LogP contribution in [0.25, 0.3) is 0 Å². The topological polar surface area (TPSA) is 59.6 Å². The van der Waals surface area contributed by atoms with Gasteiger partial charge in [0.15, 0.2) is 0 Å². The fourth-order valence-electron chi connectivity index (χ4n) is 2.66. The molecule has 1 atom stereocenters. The van der Waals surface area contributed by atoms with Gasteiger partial charge in [0.05, 0.1) is 22.6 Å². The van der Waals surface area contributed by atoms with E-state index in [1.54, 1.807) is 6.07 Å². The summed E-state index contributed by atoms with van der Waals surface area (Å²) in [4.78, 5) is 12.0. The van der Waals surface area contributed by atoms with Crippen molar-refractivity contribution < 1.29 is 14.3 Å². The average molecular weight is 343 g/mol. The summed E-state index contributed by atoms with van der Waals surface area (Å²) < 4.78 is 10.5. The maximum atomic E-state index is 12.0. The van der Waals surface area contributed by atoms with Crippen LogP contribution in [-0.4, -0.2) is 25.8 Å². The molecule has 0 aromatic heterocycles. The van der Waals surface area contributed by atoms with Crippen LogP contribution >= 0.6 is 23.2 Å². The minimum absolute atomic E-state index is 0.0535. The number of halogens is 2. The van der Waals surface area contributed by atoms with Crippen molar-refractivity contribution in [2.75, 3.05) is 19.8 Å². The summed E-state index contributed by atoms with van der Waals surface area (Å²) in [6.45, 7) is 1.34. The predicted octanol–water partition coefficient (Wildman–Crippen LogP) is 3.17. The van der Waals surface area contributed by atoms with E-state index in [0.717, 1.165) is 24.0 Å². The van der Waals surface area contributed by atoms with Gasteiger partial charge in [-0.2, -0.15) is 0 Å². The molecule has 118 valence electrons. The molecule has 2 amide bonds. The Morgan fingerprint density at radius 3 is 2.95 bits per heavy atom. The molecule has 1 aliphatic heterocycles. The van der Waals surface area contributed by atoms with Crippen LogP contribution in [-0.2, 0) is 15.9 Å². The molecule has 0 saturated carbocycles. The Morgan fingerprint density at radius 2 is 2.18 bits per heavy atom. The van der Waals surface area contributed by atoms with Crippen molar-refractivity contribution in [3.8, 4) is 0 Å². The molecule has 1 aromatic rings. The number of hydrogen-bond donors (Lipinski definition) is 2. The van der Waals surface area contributed by atoms with Crippen LogP contribution in [0.2, 0.25) is 10.0 Å². The van der Waals surface area contributed by atoms with Gasteiger partial charge in [0.2, 0.25) is 0 Å². The highest BCUT2D eigenvalue weighted by molar-refractivity contribution is 6.42. The van der Waals surface area contributed by atoms with Crippen LogP contribution in [0.3, 0.4) is 0 Å². The first-order chi connectivity index (χ1) is 10.6. The van der Waals surface area contributed by atoms with Gasteiger partial charge < -0.3 is 20.1 Å². The average Bonchev–Trinajstić information content (AvgIpc) is 2.93. The Hall–Kier alpha value is -1.59. The smallest absolute Gasteiger partial charge is 0.315 e. The molecule has 3 rings (SSSR count). The van der Waals surface area contributed by atoms with Crippen molar-refractivity contribution in [2.45, 2.75) is 18.9 Å². The molecule has 1 heterocycles. The fraction of sp³-hybridized carbons (Fsp3) is 0.400. The van der Waals surface area contributed by atoms with Crippen molar-refractivity contribution in [1.82, 2.24) is 10.6 Å². The van der Waals surface area contributed by atoms with Crippen molar-refractivity contribution in [3.05, 3.63) is 45.3 Å². The SMILES string of the molecule is O=C(NCC1=COCCO1)N[C@H]1CCc2c1ccc(Cl)c2Cl. The molecule has 22 heavy (non-hydrogen) atoms. The van der Waals surface area contributed by atoms with E-state index in [-0.39, 0.29) is 12.1 Å². The van der Waals surface area contributed by atoms with Gasteiger partial charge in [0, 0.05) is 0 Å². The zero-order valence-electron chi connectivity index (χ0n) is 11.8. The number of carbonyl (C=O) groups excluding carboxylic acids is 1. The Balaban J connectivity index is 1.57. The monoisotopic (exact) mass is 342 g/mol. The fourth-order valence-corrected chi connectivity index (χ4v) is 3.10. The lowest BCUT2D eigenvalue weighted by Crippen LogP contribution is -2.38. The zero-order valence-corrected chi connectivity index (χ0v) is 13.3. The molecule has 0 unspecified atom stereocenters. The number of amides is 2. The Labute approximate surface area is 138 Å². The largest absolute Gasteiger partial charge is 0.494 e. The highest BCUT2D eigenvalue weighted by atomic mass is 35.5. The van der Waals surface area contributed by atoms with Gasteiger partial charge in [-0.3, -0.25) is 0 Å². The zero-order chi connectivity index (χ0) is 15.5.